The second-order valence-electron chi connectivity index (χ2n) is 10.3. The van der Waals surface area contributed by atoms with E-state index in [1.807, 2.05) is 45.8 Å². The van der Waals surface area contributed by atoms with Crippen LogP contribution in [0.5, 0.6) is 0 Å². The van der Waals surface area contributed by atoms with Crippen molar-refractivity contribution in [1.29, 1.82) is 0 Å². The topological polar surface area (TPSA) is 91.6 Å². The van der Waals surface area contributed by atoms with Crippen LogP contribution in [0.3, 0.4) is 0 Å². The molecule has 4 aromatic heterocycles. The number of pyridine rings is 3. The molecule has 0 bridgehead atoms. The van der Waals surface area contributed by atoms with Crippen LogP contribution in [0.15, 0.2) is 72.0 Å². The van der Waals surface area contributed by atoms with Crippen LogP contribution in [0.2, 0.25) is 0 Å². The van der Waals surface area contributed by atoms with Crippen molar-refractivity contribution < 1.29 is 0 Å². The predicted octanol–water partition coefficient (Wildman–Crippen LogP) is 4.31. The summed E-state index contributed by atoms with van der Waals surface area (Å²) >= 11 is 0. The number of hydrogen-bond acceptors (Lipinski definition) is 5. The molecule has 7 rings (SSSR count). The van der Waals surface area contributed by atoms with Gasteiger partial charge in [-0.25, -0.2) is 4.79 Å². The summed E-state index contributed by atoms with van der Waals surface area (Å²) < 4.78 is 3.75. The van der Waals surface area contributed by atoms with E-state index >= 15 is 0 Å². The van der Waals surface area contributed by atoms with Gasteiger partial charge >= 0.3 is 5.69 Å². The van der Waals surface area contributed by atoms with E-state index < -0.39 is 0 Å². The molecule has 0 spiro atoms. The van der Waals surface area contributed by atoms with Crippen molar-refractivity contribution in [3.63, 3.8) is 0 Å². The molecule has 0 unspecified atom stereocenters. The molecule has 0 aliphatic heterocycles. The lowest BCUT2D eigenvalue weighted by molar-refractivity contribution is 0.515. The molecule has 2 fully saturated rings. The number of nitrogens with zero attached hydrogens (tertiary/aromatic N) is 5. The molecule has 0 radical (unpaired) electrons. The van der Waals surface area contributed by atoms with Gasteiger partial charge in [0.25, 0.3) is 0 Å². The number of imidazole rings is 1. The van der Waals surface area contributed by atoms with Gasteiger partial charge in [0.1, 0.15) is 0 Å². The maximum Gasteiger partial charge on any atom is 0.330 e. The summed E-state index contributed by atoms with van der Waals surface area (Å²) in [5.41, 5.74) is 11.4. The molecular formula is C28H26N6O. The van der Waals surface area contributed by atoms with E-state index in [9.17, 15) is 4.79 Å². The summed E-state index contributed by atoms with van der Waals surface area (Å²) in [6, 6.07) is 14.3. The van der Waals surface area contributed by atoms with Crippen LogP contribution >= 0.6 is 0 Å². The lowest BCUT2D eigenvalue weighted by Gasteiger charge is -2.15. The second-order valence-corrected chi connectivity index (χ2v) is 10.3. The van der Waals surface area contributed by atoms with Gasteiger partial charge in [0.2, 0.25) is 0 Å². The Labute approximate surface area is 202 Å². The molecule has 2 saturated carbocycles. The maximum absolute atomic E-state index is 13.7. The van der Waals surface area contributed by atoms with Crippen LogP contribution in [-0.4, -0.2) is 24.1 Å². The molecule has 5 aromatic rings. The Bertz CT molecular complexity index is 1670. The van der Waals surface area contributed by atoms with E-state index in [4.69, 9.17) is 15.7 Å². The first-order chi connectivity index (χ1) is 17.0. The van der Waals surface area contributed by atoms with E-state index in [-0.39, 0.29) is 16.8 Å². The van der Waals surface area contributed by atoms with E-state index in [0.29, 0.717) is 6.54 Å². The van der Waals surface area contributed by atoms with Crippen LogP contribution < -0.4 is 11.4 Å². The van der Waals surface area contributed by atoms with E-state index in [1.54, 1.807) is 12.4 Å². The Balaban J connectivity index is 1.42. The summed E-state index contributed by atoms with van der Waals surface area (Å²) in [5, 5.41) is 2.14. The third-order valence-electron chi connectivity index (χ3n) is 7.78. The average molecular weight is 463 g/mol. The third kappa shape index (κ3) is 3.15. The fourth-order valence-corrected chi connectivity index (χ4v) is 5.21. The molecule has 174 valence electrons. The molecule has 2 aliphatic carbocycles. The monoisotopic (exact) mass is 462 g/mol. The molecular weight excluding hydrogens is 436 g/mol. The highest BCUT2D eigenvalue weighted by Crippen LogP contribution is 2.44. The first kappa shape index (κ1) is 20.5. The predicted molar refractivity (Wildman–Crippen MR) is 136 cm³/mol. The minimum absolute atomic E-state index is 0.0128. The van der Waals surface area contributed by atoms with Crippen molar-refractivity contribution in [2.45, 2.75) is 50.2 Å². The molecule has 7 heteroatoms. The number of aromatic nitrogens is 5. The molecule has 35 heavy (non-hydrogen) atoms. The zero-order valence-corrected chi connectivity index (χ0v) is 19.6. The van der Waals surface area contributed by atoms with Crippen molar-refractivity contribution >= 4 is 21.8 Å². The highest BCUT2D eigenvalue weighted by Gasteiger charge is 2.43. The zero-order chi connectivity index (χ0) is 23.8. The van der Waals surface area contributed by atoms with E-state index in [2.05, 4.69) is 30.1 Å². The fourth-order valence-electron chi connectivity index (χ4n) is 5.21. The molecule has 2 aliphatic rings. The fraction of sp³-hybridized carbons (Fsp3) is 0.286. The number of benzene rings is 1. The Kier molecular flexibility index (Phi) is 4.16. The number of nitrogens with two attached hydrogens (primary N) is 1. The average Bonchev–Trinajstić information content (AvgIpc) is 3.80. The Morgan fingerprint density at radius 3 is 2.51 bits per heavy atom. The van der Waals surface area contributed by atoms with Crippen molar-refractivity contribution in [2.24, 2.45) is 5.73 Å². The quantitative estimate of drug-likeness (QED) is 0.420. The normalized spacial score (nSPS) is 17.7. The van der Waals surface area contributed by atoms with Gasteiger partial charge in [0, 0.05) is 40.6 Å². The van der Waals surface area contributed by atoms with Gasteiger partial charge in [-0.1, -0.05) is 30.3 Å². The maximum atomic E-state index is 13.7. The molecule has 1 aromatic carbocycles. The van der Waals surface area contributed by atoms with Crippen LogP contribution in [0.25, 0.3) is 32.9 Å². The van der Waals surface area contributed by atoms with Gasteiger partial charge in [0.15, 0.2) is 0 Å². The largest absolute Gasteiger partial charge is 0.330 e. The molecule has 2 N–H and O–H groups in total. The molecule has 4 heterocycles. The van der Waals surface area contributed by atoms with E-state index in [1.165, 1.54) is 0 Å². The summed E-state index contributed by atoms with van der Waals surface area (Å²) in [4.78, 5) is 27.6. The summed E-state index contributed by atoms with van der Waals surface area (Å²) in [6.45, 7) is 2.50. The summed E-state index contributed by atoms with van der Waals surface area (Å²) in [5.74, 6) is 0. The number of fused-ring (bicyclic) bond motifs is 2. The van der Waals surface area contributed by atoms with Gasteiger partial charge < -0.3 is 5.73 Å². The van der Waals surface area contributed by atoms with Crippen LogP contribution in [0.4, 0.5) is 0 Å². The smallest absolute Gasteiger partial charge is 0.320 e. The Morgan fingerprint density at radius 2 is 1.77 bits per heavy atom. The van der Waals surface area contributed by atoms with Gasteiger partial charge in [-0.3, -0.25) is 24.1 Å². The molecule has 0 amide bonds. The molecule has 0 saturated heterocycles. The standard InChI is InChI=1S/C28H26N6O/c1-27(9-10-27)34-22-8-13-30-16-23(22)33(26(34)35)17-21-25(20-5-3-2-4-18(20)14-31-21)19-6-7-24(32-15-19)28(29)11-12-28/h2-8,13-16H,9-12,17,29H2,1H3. The van der Waals surface area contributed by atoms with Gasteiger partial charge in [0.05, 0.1) is 40.7 Å². The van der Waals surface area contributed by atoms with Crippen LogP contribution in [0.1, 0.15) is 44.0 Å². The Morgan fingerprint density at radius 1 is 0.943 bits per heavy atom. The van der Waals surface area contributed by atoms with Gasteiger partial charge in [-0.15, -0.1) is 0 Å². The minimum atomic E-state index is -0.278. The first-order valence-electron chi connectivity index (χ1n) is 12.2. The van der Waals surface area contributed by atoms with Crippen LogP contribution in [0, 0.1) is 0 Å². The van der Waals surface area contributed by atoms with E-state index in [0.717, 1.165) is 70.0 Å². The lowest BCUT2D eigenvalue weighted by Crippen LogP contribution is -2.30. The highest BCUT2D eigenvalue weighted by molar-refractivity contribution is 5.97. The molecule has 7 nitrogen and oxygen atoms in total. The zero-order valence-electron chi connectivity index (χ0n) is 19.6. The summed E-state index contributed by atoms with van der Waals surface area (Å²) in [7, 11) is 0. The van der Waals surface area contributed by atoms with Crippen molar-refractivity contribution in [1.82, 2.24) is 24.1 Å². The van der Waals surface area contributed by atoms with Crippen molar-refractivity contribution in [2.75, 3.05) is 0 Å². The second kappa shape index (κ2) is 7.09. The SMILES string of the molecule is CC1(n2c(=O)n(Cc3ncc4ccccc4c3-c3ccc(C4(N)CC4)nc3)c3cnccc32)CC1. The minimum Gasteiger partial charge on any atom is -0.320 e. The first-order valence-corrected chi connectivity index (χ1v) is 12.2. The third-order valence-corrected chi connectivity index (χ3v) is 7.78. The lowest BCUT2D eigenvalue weighted by atomic mass is 9.97. The van der Waals surface area contributed by atoms with Crippen LogP contribution in [-0.2, 0) is 17.6 Å². The van der Waals surface area contributed by atoms with Crippen molar-refractivity contribution in [3.8, 4) is 11.1 Å². The number of rotatable bonds is 5. The number of hydrogen-bond donors (Lipinski definition) is 1. The highest BCUT2D eigenvalue weighted by atomic mass is 16.2. The summed E-state index contributed by atoms with van der Waals surface area (Å²) in [6.07, 6.45) is 11.3. The van der Waals surface area contributed by atoms with Gasteiger partial charge in [-0.2, -0.15) is 0 Å². The Hall–Kier alpha value is -3.84. The van der Waals surface area contributed by atoms with Crippen molar-refractivity contribution in [3.05, 3.63) is 89.1 Å². The van der Waals surface area contributed by atoms with Gasteiger partial charge in [-0.05, 0) is 50.1 Å². The molecule has 0 atom stereocenters.